The van der Waals surface area contributed by atoms with Gasteiger partial charge in [-0.2, -0.15) is 0 Å². The van der Waals surface area contributed by atoms with Gasteiger partial charge in [-0.3, -0.25) is 9.59 Å². The van der Waals surface area contributed by atoms with Crippen molar-refractivity contribution in [2.24, 2.45) is 0 Å². The first-order valence-corrected chi connectivity index (χ1v) is 14.8. The summed E-state index contributed by atoms with van der Waals surface area (Å²) < 4.78 is 58.1. The number of esters is 2. The van der Waals surface area contributed by atoms with Gasteiger partial charge in [0.15, 0.2) is 0 Å². The fraction of sp³-hybridized carbons (Fsp3) is 0.793. The molecule has 45 heavy (non-hydrogen) atoms. The van der Waals surface area contributed by atoms with Crippen LogP contribution in [0.1, 0.15) is 19.8 Å². The van der Waals surface area contributed by atoms with Gasteiger partial charge in [-0.15, -0.1) is 0 Å². The molecule has 16 nitrogen and oxygen atoms in total. The highest BCUT2D eigenvalue weighted by Crippen LogP contribution is 1.95. The molecule has 0 atom stereocenters. The lowest BCUT2D eigenvalue weighted by Gasteiger charge is -2.09. The highest BCUT2D eigenvalue weighted by molar-refractivity contribution is 6.32. The SMILES string of the molecule is C=C(C)C(=O)OCCOCCOCCOCCOCCOCCOCCOCCOCCOCCOC(=O)CCC(=O)C(=O)O. The van der Waals surface area contributed by atoms with Crippen molar-refractivity contribution < 1.29 is 76.4 Å². The molecule has 0 aliphatic carbocycles. The van der Waals surface area contributed by atoms with Gasteiger partial charge in [-0.25, -0.2) is 9.59 Å². The van der Waals surface area contributed by atoms with Crippen LogP contribution < -0.4 is 0 Å². The third kappa shape index (κ3) is 32.7. The number of ketones is 1. The Kier molecular flexibility index (Phi) is 31.0. The summed E-state index contributed by atoms with van der Waals surface area (Å²) in [6.45, 7) is 12.5. The Morgan fingerprint density at radius 1 is 0.444 bits per heavy atom. The molecule has 0 radical (unpaired) electrons. The number of hydrogen-bond donors (Lipinski definition) is 1. The van der Waals surface area contributed by atoms with Crippen molar-refractivity contribution in [3.8, 4) is 0 Å². The maximum atomic E-state index is 11.3. The summed E-state index contributed by atoms with van der Waals surface area (Å²) in [6.07, 6.45) is -0.667. The van der Waals surface area contributed by atoms with E-state index in [0.29, 0.717) is 118 Å². The van der Waals surface area contributed by atoms with Crippen molar-refractivity contribution in [3.63, 3.8) is 0 Å². The van der Waals surface area contributed by atoms with Crippen molar-refractivity contribution in [3.05, 3.63) is 12.2 Å². The second-order valence-electron chi connectivity index (χ2n) is 8.88. The minimum absolute atomic E-state index is 0.00927. The first-order valence-electron chi connectivity index (χ1n) is 14.8. The van der Waals surface area contributed by atoms with E-state index in [-0.39, 0.29) is 32.7 Å². The van der Waals surface area contributed by atoms with E-state index in [1.807, 2.05) is 0 Å². The lowest BCUT2D eigenvalue weighted by atomic mass is 10.2. The van der Waals surface area contributed by atoms with Crippen LogP contribution in [-0.4, -0.2) is 161 Å². The largest absolute Gasteiger partial charge is 0.476 e. The van der Waals surface area contributed by atoms with Gasteiger partial charge >= 0.3 is 17.9 Å². The minimum atomic E-state index is -1.57. The molecule has 0 amide bonds. The number of aliphatic carboxylic acids is 1. The fourth-order valence-electron chi connectivity index (χ4n) is 2.79. The molecule has 0 unspecified atom stereocenters. The third-order valence-corrected chi connectivity index (χ3v) is 5.07. The van der Waals surface area contributed by atoms with Crippen LogP contribution in [0.25, 0.3) is 0 Å². The molecule has 0 aliphatic rings. The standard InChI is InChI=1S/C29H50O16/c1-25(2)29(34)45-24-22-43-20-18-41-16-14-39-12-10-37-8-6-35-5-7-36-9-11-38-13-15-40-17-19-42-21-23-44-27(31)4-3-26(30)28(32)33/h1,3-24H2,2H3,(H,32,33). The highest BCUT2D eigenvalue weighted by atomic mass is 16.6. The molecule has 262 valence electrons. The highest BCUT2D eigenvalue weighted by Gasteiger charge is 2.14. The molecule has 0 fully saturated rings. The Hall–Kier alpha value is -2.54. The van der Waals surface area contributed by atoms with Crippen LogP contribution in [-0.2, 0) is 71.3 Å². The van der Waals surface area contributed by atoms with E-state index in [1.54, 1.807) is 6.92 Å². The Morgan fingerprint density at radius 3 is 0.978 bits per heavy atom. The number of carboxylic acids is 1. The topological polar surface area (TPSA) is 190 Å². The summed E-state index contributed by atoms with van der Waals surface area (Å²) in [7, 11) is 0. The normalized spacial score (nSPS) is 11.0. The molecule has 0 rings (SSSR count). The number of carbonyl (C=O) groups excluding carboxylic acids is 3. The molecule has 0 aromatic carbocycles. The smallest absolute Gasteiger partial charge is 0.372 e. The zero-order valence-electron chi connectivity index (χ0n) is 26.3. The maximum Gasteiger partial charge on any atom is 0.372 e. The molecule has 0 heterocycles. The van der Waals surface area contributed by atoms with E-state index < -0.39 is 23.7 Å². The molecule has 0 bridgehead atoms. The van der Waals surface area contributed by atoms with E-state index in [2.05, 4.69) is 6.58 Å². The van der Waals surface area contributed by atoms with Crippen molar-refractivity contribution >= 4 is 23.7 Å². The van der Waals surface area contributed by atoms with Crippen molar-refractivity contribution in [1.29, 1.82) is 0 Å². The Bertz CT molecular complexity index is 775. The minimum Gasteiger partial charge on any atom is -0.476 e. The zero-order valence-corrected chi connectivity index (χ0v) is 26.3. The summed E-state index contributed by atoms with van der Waals surface area (Å²) in [6, 6.07) is 0. The number of hydrogen-bond acceptors (Lipinski definition) is 15. The van der Waals surface area contributed by atoms with Gasteiger partial charge < -0.3 is 57.2 Å². The molecule has 16 heteroatoms. The molecular formula is C29H50O16. The molecule has 1 N–H and O–H groups in total. The monoisotopic (exact) mass is 654 g/mol. The lowest BCUT2D eigenvalue weighted by Crippen LogP contribution is -2.17. The van der Waals surface area contributed by atoms with Crippen molar-refractivity contribution in [2.45, 2.75) is 19.8 Å². The van der Waals surface area contributed by atoms with E-state index in [0.717, 1.165) is 0 Å². The summed E-state index contributed by atoms with van der Waals surface area (Å²) in [5.74, 6) is -3.67. The average molecular weight is 655 g/mol. The fourth-order valence-corrected chi connectivity index (χ4v) is 2.79. The van der Waals surface area contributed by atoms with Crippen molar-refractivity contribution in [2.75, 3.05) is 132 Å². The van der Waals surface area contributed by atoms with Crippen LogP contribution in [0.5, 0.6) is 0 Å². The quantitative estimate of drug-likeness (QED) is 0.0423. The Morgan fingerprint density at radius 2 is 0.711 bits per heavy atom. The molecule has 0 aromatic heterocycles. The summed E-state index contributed by atoms with van der Waals surface area (Å²) in [5.41, 5.74) is 0.358. The number of carboxylic acid groups (broad SMARTS) is 1. The molecule has 0 aromatic rings. The van der Waals surface area contributed by atoms with Gasteiger partial charge in [0.2, 0.25) is 5.78 Å². The molecule has 0 aliphatic heterocycles. The number of ether oxygens (including phenoxy) is 11. The van der Waals surface area contributed by atoms with Gasteiger partial charge in [0.05, 0.1) is 125 Å². The van der Waals surface area contributed by atoms with E-state index >= 15 is 0 Å². The maximum absolute atomic E-state index is 11.3. The summed E-state index contributed by atoms with van der Waals surface area (Å²) >= 11 is 0. The van der Waals surface area contributed by atoms with Crippen LogP contribution >= 0.6 is 0 Å². The Labute approximate surface area is 264 Å². The van der Waals surface area contributed by atoms with Crippen molar-refractivity contribution in [1.82, 2.24) is 0 Å². The van der Waals surface area contributed by atoms with Gasteiger partial charge in [0.25, 0.3) is 0 Å². The third-order valence-electron chi connectivity index (χ3n) is 5.07. The zero-order chi connectivity index (χ0) is 33.2. The van der Waals surface area contributed by atoms with Crippen LogP contribution in [0.4, 0.5) is 0 Å². The first-order chi connectivity index (χ1) is 21.8. The van der Waals surface area contributed by atoms with Crippen LogP contribution in [0.2, 0.25) is 0 Å². The number of Topliss-reactive ketones (excluding diaryl/α,β-unsaturated/α-hetero) is 1. The van der Waals surface area contributed by atoms with Crippen LogP contribution in [0, 0.1) is 0 Å². The molecular weight excluding hydrogens is 604 g/mol. The average Bonchev–Trinajstić information content (AvgIpc) is 3.02. The summed E-state index contributed by atoms with van der Waals surface area (Å²) in [4.78, 5) is 43.8. The predicted octanol–water partition coefficient (Wildman–Crippen LogP) is 0.232. The van der Waals surface area contributed by atoms with Gasteiger partial charge in [-0.05, 0) is 6.92 Å². The second-order valence-corrected chi connectivity index (χ2v) is 8.88. The number of rotatable bonds is 35. The molecule has 0 saturated carbocycles. The van der Waals surface area contributed by atoms with Gasteiger partial charge in [-0.1, -0.05) is 6.58 Å². The first kappa shape index (κ1) is 42.5. The van der Waals surface area contributed by atoms with E-state index in [4.69, 9.17) is 57.2 Å². The van der Waals surface area contributed by atoms with E-state index in [9.17, 15) is 19.2 Å². The van der Waals surface area contributed by atoms with E-state index in [1.165, 1.54) is 0 Å². The Balaban J connectivity index is 3.15. The molecule has 0 spiro atoms. The lowest BCUT2D eigenvalue weighted by molar-refractivity contribution is -0.151. The van der Waals surface area contributed by atoms with Crippen LogP contribution in [0.3, 0.4) is 0 Å². The van der Waals surface area contributed by atoms with Gasteiger partial charge in [0, 0.05) is 12.0 Å². The number of carbonyl (C=O) groups is 4. The van der Waals surface area contributed by atoms with Gasteiger partial charge in [0.1, 0.15) is 13.2 Å². The molecule has 0 saturated heterocycles. The second kappa shape index (κ2) is 32.8. The predicted molar refractivity (Wildman–Crippen MR) is 156 cm³/mol. The van der Waals surface area contributed by atoms with Crippen LogP contribution in [0.15, 0.2) is 12.2 Å². The summed E-state index contributed by atoms with van der Waals surface area (Å²) in [5, 5.41) is 8.43.